The van der Waals surface area contributed by atoms with Crippen LogP contribution in [0.2, 0.25) is 0 Å². The third-order valence-corrected chi connectivity index (χ3v) is 4.98. The molecule has 2 N–H and O–H groups in total. The smallest absolute Gasteiger partial charge is 0.170 e. The Balaban J connectivity index is 1.51. The van der Waals surface area contributed by atoms with Gasteiger partial charge >= 0.3 is 0 Å². The molecule has 0 aliphatic heterocycles. The minimum atomic E-state index is 0.624. The highest BCUT2D eigenvalue weighted by Gasteiger charge is 2.13. The Labute approximate surface area is 172 Å². The minimum absolute atomic E-state index is 0.624. The number of nitrogens with one attached hydrogen (secondary N) is 2. The van der Waals surface area contributed by atoms with Gasteiger partial charge in [-0.2, -0.15) is 10.2 Å². The quantitative estimate of drug-likeness (QED) is 0.471. The van der Waals surface area contributed by atoms with E-state index in [1.807, 2.05) is 41.4 Å². The number of hydrogen-bond donors (Lipinski definition) is 2. The summed E-state index contributed by atoms with van der Waals surface area (Å²) in [6.07, 6.45) is 0.953. The Hall–Kier alpha value is -2.67. The molecule has 0 unspecified atom stereocenters. The van der Waals surface area contributed by atoms with Crippen molar-refractivity contribution in [1.29, 1.82) is 0 Å². The maximum atomic E-state index is 5.47. The van der Waals surface area contributed by atoms with E-state index in [0.29, 0.717) is 5.11 Å². The van der Waals surface area contributed by atoms with Crippen LogP contribution in [-0.4, -0.2) is 31.2 Å². The second-order valence-corrected chi connectivity index (χ2v) is 7.48. The van der Waals surface area contributed by atoms with Crippen LogP contribution in [0.4, 0.5) is 5.69 Å². The van der Waals surface area contributed by atoms with Gasteiger partial charge in [0.05, 0.1) is 29.3 Å². The summed E-state index contributed by atoms with van der Waals surface area (Å²) in [5.74, 6) is 0. The predicted octanol–water partition coefficient (Wildman–Crippen LogP) is 3.74. The zero-order valence-electron chi connectivity index (χ0n) is 17.0. The van der Waals surface area contributed by atoms with Gasteiger partial charge in [-0.15, -0.1) is 0 Å². The average Bonchev–Trinajstić information content (AvgIpc) is 3.12. The van der Waals surface area contributed by atoms with Crippen LogP contribution in [0, 0.1) is 27.7 Å². The van der Waals surface area contributed by atoms with E-state index in [1.165, 1.54) is 11.3 Å². The fraction of sp³-hybridized carbons (Fsp3) is 0.381. The van der Waals surface area contributed by atoms with Crippen molar-refractivity contribution in [3.05, 3.63) is 64.7 Å². The summed E-state index contributed by atoms with van der Waals surface area (Å²) >= 11 is 5.47. The molecule has 2 heterocycles. The van der Waals surface area contributed by atoms with E-state index in [2.05, 4.69) is 52.9 Å². The number of aromatic nitrogens is 4. The standard InChI is InChI=1S/C21H28N6S/c1-15-13-16(2)26(24-15)12-8-11-22-21(28)23-20-17(3)25-27(18(20)4)14-19-9-6-5-7-10-19/h5-7,9-10,13H,8,11-12,14H2,1-4H3,(H2,22,23,28). The summed E-state index contributed by atoms with van der Waals surface area (Å²) in [6.45, 7) is 10.6. The Bertz CT molecular complexity index is 941. The summed E-state index contributed by atoms with van der Waals surface area (Å²) in [5, 5.41) is 16.4. The Kier molecular flexibility index (Phi) is 6.46. The maximum Gasteiger partial charge on any atom is 0.170 e. The molecule has 148 valence electrons. The number of rotatable bonds is 7. The van der Waals surface area contributed by atoms with Gasteiger partial charge in [0.15, 0.2) is 5.11 Å². The molecular weight excluding hydrogens is 368 g/mol. The first-order chi connectivity index (χ1) is 13.4. The molecule has 7 heteroatoms. The predicted molar refractivity (Wildman–Crippen MR) is 118 cm³/mol. The fourth-order valence-electron chi connectivity index (χ4n) is 3.28. The molecule has 0 fully saturated rings. The van der Waals surface area contributed by atoms with Crippen LogP contribution in [0.1, 0.15) is 34.8 Å². The highest BCUT2D eigenvalue weighted by atomic mass is 32.1. The van der Waals surface area contributed by atoms with Gasteiger partial charge in [0.25, 0.3) is 0 Å². The van der Waals surface area contributed by atoms with Crippen LogP contribution in [0.3, 0.4) is 0 Å². The molecule has 0 amide bonds. The lowest BCUT2D eigenvalue weighted by atomic mass is 10.2. The highest BCUT2D eigenvalue weighted by molar-refractivity contribution is 7.80. The number of benzene rings is 1. The largest absolute Gasteiger partial charge is 0.362 e. The molecule has 0 saturated carbocycles. The molecule has 0 aliphatic rings. The van der Waals surface area contributed by atoms with Gasteiger partial charge in [-0.05, 0) is 58.0 Å². The minimum Gasteiger partial charge on any atom is -0.362 e. The SMILES string of the molecule is Cc1cc(C)n(CCCNC(=S)Nc2c(C)nn(Cc3ccccc3)c2C)n1. The van der Waals surface area contributed by atoms with Crippen molar-refractivity contribution < 1.29 is 0 Å². The van der Waals surface area contributed by atoms with E-state index in [4.69, 9.17) is 12.2 Å². The van der Waals surface area contributed by atoms with Crippen LogP contribution in [-0.2, 0) is 13.1 Å². The van der Waals surface area contributed by atoms with E-state index in [1.54, 1.807) is 0 Å². The van der Waals surface area contributed by atoms with Gasteiger partial charge in [-0.25, -0.2) is 0 Å². The number of nitrogens with zero attached hydrogens (tertiary/aromatic N) is 4. The molecule has 0 aliphatic carbocycles. The zero-order valence-corrected chi connectivity index (χ0v) is 17.8. The van der Waals surface area contributed by atoms with Crippen molar-refractivity contribution >= 4 is 23.0 Å². The monoisotopic (exact) mass is 396 g/mol. The first-order valence-corrected chi connectivity index (χ1v) is 9.98. The molecule has 0 spiro atoms. The Morgan fingerprint density at radius 2 is 1.79 bits per heavy atom. The van der Waals surface area contributed by atoms with Gasteiger partial charge in [-0.1, -0.05) is 30.3 Å². The lowest BCUT2D eigenvalue weighted by Gasteiger charge is -2.12. The third-order valence-electron chi connectivity index (χ3n) is 4.73. The number of anilines is 1. The van der Waals surface area contributed by atoms with Crippen molar-refractivity contribution in [2.24, 2.45) is 0 Å². The number of aryl methyl sites for hydroxylation is 4. The molecule has 0 bridgehead atoms. The number of thiocarbonyl (C=S) groups is 1. The van der Waals surface area contributed by atoms with Crippen molar-refractivity contribution in [3.8, 4) is 0 Å². The molecule has 6 nitrogen and oxygen atoms in total. The summed E-state index contributed by atoms with van der Waals surface area (Å²) in [5.41, 5.74) is 6.47. The third kappa shape index (κ3) is 4.98. The van der Waals surface area contributed by atoms with E-state index in [0.717, 1.165) is 48.8 Å². The van der Waals surface area contributed by atoms with E-state index in [-0.39, 0.29) is 0 Å². The molecule has 0 radical (unpaired) electrons. The van der Waals surface area contributed by atoms with Gasteiger partial charge in [0.1, 0.15) is 0 Å². The van der Waals surface area contributed by atoms with Gasteiger partial charge < -0.3 is 10.6 Å². The molecule has 0 atom stereocenters. The molecule has 28 heavy (non-hydrogen) atoms. The lowest BCUT2D eigenvalue weighted by Crippen LogP contribution is -2.30. The fourth-order valence-corrected chi connectivity index (χ4v) is 3.48. The van der Waals surface area contributed by atoms with E-state index >= 15 is 0 Å². The summed E-state index contributed by atoms with van der Waals surface area (Å²) in [4.78, 5) is 0. The highest BCUT2D eigenvalue weighted by Crippen LogP contribution is 2.20. The molecule has 2 aromatic heterocycles. The topological polar surface area (TPSA) is 59.7 Å². The second-order valence-electron chi connectivity index (χ2n) is 7.07. The summed E-state index contributed by atoms with van der Waals surface area (Å²) < 4.78 is 4.05. The van der Waals surface area contributed by atoms with Crippen LogP contribution in [0.15, 0.2) is 36.4 Å². The molecule has 3 rings (SSSR count). The number of hydrogen-bond acceptors (Lipinski definition) is 3. The average molecular weight is 397 g/mol. The van der Waals surface area contributed by atoms with Crippen molar-refractivity contribution in [2.45, 2.75) is 47.2 Å². The van der Waals surface area contributed by atoms with Gasteiger partial charge in [-0.3, -0.25) is 9.36 Å². The van der Waals surface area contributed by atoms with Crippen LogP contribution in [0.25, 0.3) is 0 Å². The Morgan fingerprint density at radius 3 is 2.46 bits per heavy atom. The lowest BCUT2D eigenvalue weighted by molar-refractivity contribution is 0.558. The summed E-state index contributed by atoms with van der Waals surface area (Å²) in [6, 6.07) is 12.4. The van der Waals surface area contributed by atoms with Crippen molar-refractivity contribution in [3.63, 3.8) is 0 Å². The van der Waals surface area contributed by atoms with Gasteiger partial charge in [0, 0.05) is 18.8 Å². The Morgan fingerprint density at radius 1 is 1.04 bits per heavy atom. The zero-order chi connectivity index (χ0) is 20.1. The first-order valence-electron chi connectivity index (χ1n) is 9.58. The van der Waals surface area contributed by atoms with Crippen LogP contribution in [0.5, 0.6) is 0 Å². The molecular formula is C21H28N6S. The van der Waals surface area contributed by atoms with E-state index < -0.39 is 0 Å². The molecule has 0 saturated heterocycles. The van der Waals surface area contributed by atoms with Gasteiger partial charge in [0.2, 0.25) is 0 Å². The first kappa shape index (κ1) is 20.1. The van der Waals surface area contributed by atoms with Crippen LogP contribution >= 0.6 is 12.2 Å². The summed E-state index contributed by atoms with van der Waals surface area (Å²) in [7, 11) is 0. The molecule has 1 aromatic carbocycles. The van der Waals surface area contributed by atoms with Crippen LogP contribution < -0.4 is 10.6 Å². The van der Waals surface area contributed by atoms with Crippen molar-refractivity contribution in [2.75, 3.05) is 11.9 Å². The van der Waals surface area contributed by atoms with E-state index in [9.17, 15) is 0 Å². The maximum absolute atomic E-state index is 5.47. The normalized spacial score (nSPS) is 10.9. The molecule has 3 aromatic rings. The van der Waals surface area contributed by atoms with Crippen molar-refractivity contribution in [1.82, 2.24) is 24.9 Å². The second kappa shape index (κ2) is 9.01.